The number of amides is 1. The van der Waals surface area contributed by atoms with Gasteiger partial charge in [0.25, 0.3) is 0 Å². The van der Waals surface area contributed by atoms with E-state index in [2.05, 4.69) is 5.32 Å². The summed E-state index contributed by atoms with van der Waals surface area (Å²) in [5.74, 6) is 0.00815. The van der Waals surface area contributed by atoms with Crippen LogP contribution in [0.2, 0.25) is 0 Å². The molecule has 0 aromatic carbocycles. The predicted octanol–water partition coefficient (Wildman–Crippen LogP) is 0.144. The van der Waals surface area contributed by atoms with Crippen molar-refractivity contribution in [2.45, 2.75) is 31.7 Å². The van der Waals surface area contributed by atoms with E-state index in [1.165, 1.54) is 0 Å². The average molecular weight is 181 g/mol. The lowest BCUT2D eigenvalue weighted by molar-refractivity contribution is -0.125. The maximum Gasteiger partial charge on any atom is 0.223 e. The Morgan fingerprint density at radius 2 is 2.38 bits per heavy atom. The van der Waals surface area contributed by atoms with E-state index in [1.54, 1.807) is 0 Å². The van der Waals surface area contributed by atoms with Crippen molar-refractivity contribution in [3.8, 4) is 6.07 Å². The molecule has 4 heteroatoms. The summed E-state index contributed by atoms with van der Waals surface area (Å²) in [4.78, 5) is 11.4. The van der Waals surface area contributed by atoms with E-state index in [9.17, 15) is 4.79 Å². The number of nitrogens with one attached hydrogen (secondary N) is 1. The first-order valence-electron chi connectivity index (χ1n) is 4.64. The molecule has 2 atom stereocenters. The smallest absolute Gasteiger partial charge is 0.223 e. The highest BCUT2D eigenvalue weighted by molar-refractivity contribution is 5.78. The van der Waals surface area contributed by atoms with Gasteiger partial charge in [-0.1, -0.05) is 6.42 Å². The minimum atomic E-state index is -0.0169. The van der Waals surface area contributed by atoms with Gasteiger partial charge in [-0.3, -0.25) is 4.79 Å². The molecule has 3 N–H and O–H groups in total. The summed E-state index contributed by atoms with van der Waals surface area (Å²) in [6.07, 6.45) is 3.70. The van der Waals surface area contributed by atoms with Crippen LogP contribution >= 0.6 is 0 Å². The Morgan fingerprint density at radius 1 is 1.62 bits per heavy atom. The highest BCUT2D eigenvalue weighted by Gasteiger charge is 2.24. The SMILES string of the molecule is N#CCNC(=O)C1CCCC(N)C1. The van der Waals surface area contributed by atoms with Gasteiger partial charge in [-0.25, -0.2) is 0 Å². The number of hydrogen-bond donors (Lipinski definition) is 2. The van der Waals surface area contributed by atoms with Crippen molar-refractivity contribution in [3.05, 3.63) is 0 Å². The summed E-state index contributed by atoms with van der Waals surface area (Å²) in [5.41, 5.74) is 5.75. The van der Waals surface area contributed by atoms with E-state index in [0.717, 1.165) is 25.7 Å². The van der Waals surface area contributed by atoms with E-state index in [0.29, 0.717) is 0 Å². The number of nitriles is 1. The van der Waals surface area contributed by atoms with Gasteiger partial charge in [0, 0.05) is 12.0 Å². The van der Waals surface area contributed by atoms with Crippen molar-refractivity contribution in [2.75, 3.05) is 6.54 Å². The lowest BCUT2D eigenvalue weighted by Gasteiger charge is -2.25. The second kappa shape index (κ2) is 4.83. The number of rotatable bonds is 2. The molecule has 0 aromatic rings. The fourth-order valence-corrected chi connectivity index (χ4v) is 1.74. The van der Waals surface area contributed by atoms with Crippen LogP contribution in [0.15, 0.2) is 0 Å². The Labute approximate surface area is 78.1 Å². The topological polar surface area (TPSA) is 78.9 Å². The molecule has 0 saturated heterocycles. The summed E-state index contributed by atoms with van der Waals surface area (Å²) in [6.45, 7) is 0.102. The highest BCUT2D eigenvalue weighted by atomic mass is 16.1. The lowest BCUT2D eigenvalue weighted by atomic mass is 9.85. The van der Waals surface area contributed by atoms with Crippen molar-refractivity contribution in [2.24, 2.45) is 11.7 Å². The van der Waals surface area contributed by atoms with Gasteiger partial charge in [-0.15, -0.1) is 0 Å². The van der Waals surface area contributed by atoms with Gasteiger partial charge in [0.2, 0.25) is 5.91 Å². The van der Waals surface area contributed by atoms with Crippen LogP contribution in [0.25, 0.3) is 0 Å². The second-order valence-electron chi connectivity index (χ2n) is 3.50. The summed E-state index contributed by atoms with van der Waals surface area (Å²) in [5, 5.41) is 10.8. The first-order chi connectivity index (χ1) is 6.24. The predicted molar refractivity (Wildman–Crippen MR) is 48.6 cm³/mol. The number of carbonyl (C=O) groups is 1. The molecule has 13 heavy (non-hydrogen) atoms. The molecule has 0 aliphatic heterocycles. The molecule has 1 aliphatic carbocycles. The molecule has 0 heterocycles. The third-order valence-corrected chi connectivity index (χ3v) is 2.43. The van der Waals surface area contributed by atoms with Crippen LogP contribution in [-0.2, 0) is 4.79 Å². The minimum Gasteiger partial charge on any atom is -0.343 e. The van der Waals surface area contributed by atoms with Gasteiger partial charge in [-0.05, 0) is 19.3 Å². The summed E-state index contributed by atoms with van der Waals surface area (Å²) in [7, 11) is 0. The lowest BCUT2D eigenvalue weighted by Crippen LogP contribution is -2.37. The Bertz CT molecular complexity index is 221. The van der Waals surface area contributed by atoms with Gasteiger partial charge in [-0.2, -0.15) is 5.26 Å². The van der Waals surface area contributed by atoms with Gasteiger partial charge >= 0.3 is 0 Å². The van der Waals surface area contributed by atoms with Crippen molar-refractivity contribution in [1.29, 1.82) is 5.26 Å². The molecule has 1 saturated carbocycles. The average Bonchev–Trinajstić information content (AvgIpc) is 2.14. The molecule has 1 amide bonds. The second-order valence-corrected chi connectivity index (χ2v) is 3.50. The molecule has 0 radical (unpaired) electrons. The van der Waals surface area contributed by atoms with E-state index >= 15 is 0 Å². The molecule has 0 spiro atoms. The third kappa shape index (κ3) is 3.03. The first-order valence-corrected chi connectivity index (χ1v) is 4.64. The van der Waals surface area contributed by atoms with Gasteiger partial charge in [0.15, 0.2) is 0 Å². The molecule has 0 aromatic heterocycles. The van der Waals surface area contributed by atoms with Gasteiger partial charge < -0.3 is 11.1 Å². The zero-order valence-corrected chi connectivity index (χ0v) is 7.62. The van der Waals surface area contributed by atoms with Crippen LogP contribution in [0.1, 0.15) is 25.7 Å². The number of carbonyl (C=O) groups excluding carboxylic acids is 1. The van der Waals surface area contributed by atoms with Crippen LogP contribution in [0.3, 0.4) is 0 Å². The quantitative estimate of drug-likeness (QED) is 0.595. The zero-order valence-electron chi connectivity index (χ0n) is 7.62. The van der Waals surface area contributed by atoms with Crippen molar-refractivity contribution >= 4 is 5.91 Å². The summed E-state index contributed by atoms with van der Waals surface area (Å²) >= 11 is 0. The molecule has 0 bridgehead atoms. The number of nitrogens with two attached hydrogens (primary N) is 1. The van der Waals surface area contributed by atoms with Crippen LogP contribution < -0.4 is 11.1 Å². The van der Waals surface area contributed by atoms with E-state index in [1.807, 2.05) is 6.07 Å². The number of nitrogens with zero attached hydrogens (tertiary/aromatic N) is 1. The molecular weight excluding hydrogens is 166 g/mol. The molecule has 4 nitrogen and oxygen atoms in total. The molecule has 1 aliphatic rings. The van der Waals surface area contributed by atoms with Crippen LogP contribution in [-0.4, -0.2) is 18.5 Å². The number of hydrogen-bond acceptors (Lipinski definition) is 3. The van der Waals surface area contributed by atoms with Gasteiger partial charge in [0.1, 0.15) is 6.54 Å². The Balaban J connectivity index is 2.33. The Hall–Kier alpha value is -1.08. The van der Waals surface area contributed by atoms with Crippen molar-refractivity contribution in [1.82, 2.24) is 5.32 Å². The summed E-state index contributed by atoms with van der Waals surface area (Å²) < 4.78 is 0. The Kier molecular flexibility index (Phi) is 3.71. The van der Waals surface area contributed by atoms with Crippen molar-refractivity contribution < 1.29 is 4.79 Å². The van der Waals surface area contributed by atoms with Gasteiger partial charge in [0.05, 0.1) is 6.07 Å². The van der Waals surface area contributed by atoms with E-state index in [-0.39, 0.29) is 24.4 Å². The monoisotopic (exact) mass is 181 g/mol. The van der Waals surface area contributed by atoms with Crippen LogP contribution in [0.5, 0.6) is 0 Å². The summed E-state index contributed by atoms with van der Waals surface area (Å²) in [6, 6.07) is 2.04. The van der Waals surface area contributed by atoms with E-state index in [4.69, 9.17) is 11.0 Å². The normalized spacial score (nSPS) is 27.7. The standard InChI is InChI=1S/C9H15N3O/c10-4-5-12-9(13)7-2-1-3-8(11)6-7/h7-8H,1-3,5-6,11H2,(H,12,13). The highest BCUT2D eigenvalue weighted by Crippen LogP contribution is 2.22. The molecule has 1 fully saturated rings. The van der Waals surface area contributed by atoms with Crippen LogP contribution in [0, 0.1) is 17.2 Å². The van der Waals surface area contributed by atoms with E-state index < -0.39 is 0 Å². The fraction of sp³-hybridized carbons (Fsp3) is 0.778. The largest absolute Gasteiger partial charge is 0.343 e. The molecule has 72 valence electrons. The Morgan fingerprint density at radius 3 is 3.00 bits per heavy atom. The fourth-order valence-electron chi connectivity index (χ4n) is 1.74. The molecule has 1 rings (SSSR count). The first kappa shape index (κ1) is 10.0. The maximum atomic E-state index is 11.4. The molecular formula is C9H15N3O. The minimum absolute atomic E-state index is 0.0169. The molecule has 2 unspecified atom stereocenters. The zero-order chi connectivity index (χ0) is 9.68. The van der Waals surface area contributed by atoms with Crippen molar-refractivity contribution in [3.63, 3.8) is 0 Å². The maximum absolute atomic E-state index is 11.4. The third-order valence-electron chi connectivity index (χ3n) is 2.43. The van der Waals surface area contributed by atoms with Crippen LogP contribution in [0.4, 0.5) is 0 Å².